The number of nitrogens with zero attached hydrogens (tertiary/aromatic N) is 1. The highest BCUT2D eigenvalue weighted by atomic mass is 35.5. The van der Waals surface area contributed by atoms with E-state index in [9.17, 15) is 13.6 Å². The molecule has 1 saturated heterocycles. The number of carbonyl (C=O) groups is 1. The number of likely N-dealkylation sites (tertiary alicyclic amines) is 1. The summed E-state index contributed by atoms with van der Waals surface area (Å²) in [6.07, 6.45) is 0.274. The first-order chi connectivity index (χ1) is 7.98. The maximum atomic E-state index is 13.2. The van der Waals surface area contributed by atoms with Crippen molar-refractivity contribution in [3.8, 4) is 0 Å². The van der Waals surface area contributed by atoms with Crippen LogP contribution in [0, 0.1) is 0 Å². The maximum absolute atomic E-state index is 13.2. The van der Waals surface area contributed by atoms with Gasteiger partial charge in [0.1, 0.15) is 0 Å². The largest absolute Gasteiger partial charge is 0.303 e. The minimum Gasteiger partial charge on any atom is -0.303 e. The Hall–Kier alpha value is -1.04. The predicted molar refractivity (Wildman–Crippen MR) is 66.8 cm³/mol. The molecule has 1 fully saturated rings. The second kappa shape index (κ2) is 5.30. The zero-order chi connectivity index (χ0) is 12.5. The van der Waals surface area contributed by atoms with Gasteiger partial charge in [-0.3, -0.25) is 9.69 Å². The van der Waals surface area contributed by atoms with Crippen molar-refractivity contribution in [1.29, 1.82) is 0 Å². The molecule has 100 valence electrons. The molecule has 1 heterocycles. The van der Waals surface area contributed by atoms with Gasteiger partial charge in [-0.25, -0.2) is 8.78 Å². The Kier molecular flexibility index (Phi) is 4.42. The third kappa shape index (κ3) is 2.68. The van der Waals surface area contributed by atoms with Gasteiger partial charge in [-0.05, 0) is 5.56 Å². The second-order valence-electron chi connectivity index (χ2n) is 4.34. The summed E-state index contributed by atoms with van der Waals surface area (Å²) >= 11 is 0. The molecule has 1 aliphatic rings. The summed E-state index contributed by atoms with van der Waals surface area (Å²) in [5.74, 6) is -2.76. The third-order valence-electron chi connectivity index (χ3n) is 3.11. The van der Waals surface area contributed by atoms with Crippen molar-refractivity contribution in [3.63, 3.8) is 0 Å². The molecule has 18 heavy (non-hydrogen) atoms. The first-order valence-corrected chi connectivity index (χ1v) is 5.41. The molecule has 0 aromatic heterocycles. The SMILES string of the molecule is Cl.N[C@@](C=O)(c1ccccc1)N1CCC(F)(F)C1. The highest BCUT2D eigenvalue weighted by Gasteiger charge is 2.46. The smallest absolute Gasteiger partial charge is 0.261 e. The molecule has 1 aromatic rings. The number of carbonyl (C=O) groups excluding carboxylic acids is 1. The molecular formula is C12H15ClF2N2O. The summed E-state index contributed by atoms with van der Waals surface area (Å²) in [5.41, 5.74) is 5.05. The first-order valence-electron chi connectivity index (χ1n) is 5.41. The number of nitrogens with two attached hydrogens (primary N) is 1. The summed E-state index contributed by atoms with van der Waals surface area (Å²) in [6, 6.07) is 8.59. The standard InChI is InChI=1S/C12H14F2N2O.ClH/c13-11(14)6-7-16(8-11)12(15,9-17)10-4-2-1-3-5-10;/h1-5,9H,6-8,15H2;1H/t12-;/m1./s1. The summed E-state index contributed by atoms with van der Waals surface area (Å²) < 4.78 is 26.3. The number of benzene rings is 1. The maximum Gasteiger partial charge on any atom is 0.261 e. The molecule has 1 aliphatic heterocycles. The van der Waals surface area contributed by atoms with Gasteiger partial charge in [-0.1, -0.05) is 30.3 Å². The quantitative estimate of drug-likeness (QED) is 0.856. The van der Waals surface area contributed by atoms with Crippen LogP contribution in [0.2, 0.25) is 0 Å². The highest BCUT2D eigenvalue weighted by molar-refractivity contribution is 5.85. The molecular weight excluding hydrogens is 262 g/mol. The number of hydrogen-bond donors (Lipinski definition) is 1. The molecule has 6 heteroatoms. The van der Waals surface area contributed by atoms with Crippen molar-refractivity contribution in [2.45, 2.75) is 18.0 Å². The fraction of sp³-hybridized carbons (Fsp3) is 0.417. The molecule has 0 unspecified atom stereocenters. The molecule has 1 aromatic carbocycles. The van der Waals surface area contributed by atoms with Gasteiger partial charge in [-0.15, -0.1) is 12.4 Å². The minimum absolute atomic E-state index is 0. The average Bonchev–Trinajstić information content (AvgIpc) is 2.70. The van der Waals surface area contributed by atoms with E-state index in [0.717, 1.165) is 0 Å². The molecule has 1 atom stereocenters. The van der Waals surface area contributed by atoms with E-state index in [-0.39, 0.29) is 25.4 Å². The van der Waals surface area contributed by atoms with Crippen LogP contribution in [-0.4, -0.2) is 30.2 Å². The fourth-order valence-electron chi connectivity index (χ4n) is 2.08. The van der Waals surface area contributed by atoms with Crippen LogP contribution < -0.4 is 5.73 Å². The molecule has 0 bridgehead atoms. The molecule has 2 N–H and O–H groups in total. The molecule has 0 amide bonds. The molecule has 0 radical (unpaired) electrons. The van der Waals surface area contributed by atoms with Crippen molar-refractivity contribution < 1.29 is 13.6 Å². The fourth-order valence-corrected chi connectivity index (χ4v) is 2.08. The van der Waals surface area contributed by atoms with Crippen molar-refractivity contribution in [3.05, 3.63) is 35.9 Å². The van der Waals surface area contributed by atoms with E-state index in [4.69, 9.17) is 5.73 Å². The van der Waals surface area contributed by atoms with E-state index in [1.54, 1.807) is 30.3 Å². The van der Waals surface area contributed by atoms with E-state index < -0.39 is 18.1 Å². The van der Waals surface area contributed by atoms with Gasteiger partial charge in [0.25, 0.3) is 5.92 Å². The summed E-state index contributed by atoms with van der Waals surface area (Å²) in [5, 5.41) is 0. The van der Waals surface area contributed by atoms with Gasteiger partial charge in [0.2, 0.25) is 0 Å². The molecule has 0 saturated carbocycles. The Bertz CT molecular complexity index is 416. The van der Waals surface area contributed by atoms with Crippen molar-refractivity contribution in [1.82, 2.24) is 4.90 Å². The van der Waals surface area contributed by atoms with E-state index in [2.05, 4.69) is 0 Å². The van der Waals surface area contributed by atoms with Gasteiger partial charge in [0.15, 0.2) is 11.9 Å². The topological polar surface area (TPSA) is 46.3 Å². The molecule has 0 spiro atoms. The lowest BCUT2D eigenvalue weighted by atomic mass is 10.0. The van der Waals surface area contributed by atoms with Crippen LogP contribution >= 0.6 is 12.4 Å². The molecule has 0 aliphatic carbocycles. The van der Waals surface area contributed by atoms with Crippen LogP contribution in [0.5, 0.6) is 0 Å². The number of rotatable bonds is 3. The predicted octanol–water partition coefficient (Wildman–Crippen LogP) is 1.76. The average molecular weight is 277 g/mol. The minimum atomic E-state index is -2.76. The van der Waals surface area contributed by atoms with Crippen LogP contribution in [0.3, 0.4) is 0 Å². The van der Waals surface area contributed by atoms with E-state index >= 15 is 0 Å². The Morgan fingerprint density at radius 3 is 2.39 bits per heavy atom. The van der Waals surface area contributed by atoms with Crippen LogP contribution in [0.15, 0.2) is 30.3 Å². The number of aldehydes is 1. The van der Waals surface area contributed by atoms with Crippen molar-refractivity contribution in [2.75, 3.05) is 13.1 Å². The van der Waals surface area contributed by atoms with Crippen LogP contribution in [0.4, 0.5) is 8.78 Å². The second-order valence-corrected chi connectivity index (χ2v) is 4.34. The Labute approximate surface area is 110 Å². The zero-order valence-corrected chi connectivity index (χ0v) is 10.5. The lowest BCUT2D eigenvalue weighted by Gasteiger charge is -2.33. The van der Waals surface area contributed by atoms with E-state index in [1.165, 1.54) is 4.90 Å². The van der Waals surface area contributed by atoms with E-state index in [1.807, 2.05) is 0 Å². The lowest BCUT2D eigenvalue weighted by molar-refractivity contribution is -0.119. The van der Waals surface area contributed by atoms with Gasteiger partial charge in [0.05, 0.1) is 6.54 Å². The van der Waals surface area contributed by atoms with Gasteiger partial charge >= 0.3 is 0 Å². The number of alkyl halides is 2. The molecule has 3 nitrogen and oxygen atoms in total. The van der Waals surface area contributed by atoms with Gasteiger partial charge in [0, 0.05) is 13.0 Å². The van der Waals surface area contributed by atoms with Crippen molar-refractivity contribution in [2.24, 2.45) is 5.73 Å². The molecule has 2 rings (SSSR count). The zero-order valence-electron chi connectivity index (χ0n) is 9.68. The Balaban J connectivity index is 0.00000162. The van der Waals surface area contributed by atoms with E-state index in [0.29, 0.717) is 11.8 Å². The highest BCUT2D eigenvalue weighted by Crippen LogP contribution is 2.33. The summed E-state index contributed by atoms with van der Waals surface area (Å²) in [6.45, 7) is -0.353. The van der Waals surface area contributed by atoms with Crippen LogP contribution in [0.1, 0.15) is 12.0 Å². The van der Waals surface area contributed by atoms with Crippen molar-refractivity contribution >= 4 is 18.7 Å². The number of hydrogen-bond acceptors (Lipinski definition) is 3. The van der Waals surface area contributed by atoms with Crippen LogP contribution in [0.25, 0.3) is 0 Å². The van der Waals surface area contributed by atoms with Crippen LogP contribution in [-0.2, 0) is 10.5 Å². The first kappa shape index (κ1) is 15.0. The lowest BCUT2D eigenvalue weighted by Crippen LogP contribution is -2.54. The van der Waals surface area contributed by atoms with Gasteiger partial charge < -0.3 is 5.73 Å². The normalized spacial score (nSPS) is 21.9. The Morgan fingerprint density at radius 2 is 1.94 bits per heavy atom. The van der Waals surface area contributed by atoms with Gasteiger partial charge in [-0.2, -0.15) is 0 Å². The number of halogens is 3. The monoisotopic (exact) mass is 276 g/mol. The summed E-state index contributed by atoms with van der Waals surface area (Å²) in [7, 11) is 0. The Morgan fingerprint density at radius 1 is 1.33 bits per heavy atom. The summed E-state index contributed by atoms with van der Waals surface area (Å²) in [4.78, 5) is 12.5. The third-order valence-corrected chi connectivity index (χ3v) is 3.11.